The highest BCUT2D eigenvalue weighted by molar-refractivity contribution is 5.41. The molecule has 1 aromatic rings. The number of aliphatic hydroxyl groups is 1. The molecule has 88 valence electrons. The van der Waals surface area contributed by atoms with E-state index in [-0.39, 0.29) is 6.61 Å². The fraction of sp³-hybridized carbons (Fsp3) is 0.583. The van der Waals surface area contributed by atoms with Crippen LogP contribution in [0, 0.1) is 0 Å². The van der Waals surface area contributed by atoms with E-state index in [0.29, 0.717) is 6.10 Å². The number of aromatic nitrogens is 1. The Morgan fingerprint density at radius 2 is 2.50 bits per heavy atom. The molecule has 0 radical (unpaired) electrons. The number of hydrogen-bond donors (Lipinski definition) is 1. The molecule has 4 nitrogen and oxygen atoms in total. The molecule has 0 saturated carbocycles. The van der Waals surface area contributed by atoms with Crippen molar-refractivity contribution in [2.45, 2.75) is 26.1 Å². The molecule has 0 aromatic carbocycles. The quantitative estimate of drug-likeness (QED) is 0.834. The molecule has 1 N–H and O–H groups in total. The van der Waals surface area contributed by atoms with Crippen molar-refractivity contribution in [2.24, 2.45) is 0 Å². The number of anilines is 1. The van der Waals surface area contributed by atoms with Crippen molar-refractivity contribution in [1.29, 1.82) is 0 Å². The predicted molar refractivity (Wildman–Crippen MR) is 62.4 cm³/mol. The average Bonchev–Trinajstić information content (AvgIpc) is 2.39. The van der Waals surface area contributed by atoms with Crippen LogP contribution in [0.4, 0.5) is 5.82 Å². The first kappa shape index (κ1) is 11.4. The fourth-order valence-electron chi connectivity index (χ4n) is 1.91. The first-order chi connectivity index (χ1) is 7.83. The molecule has 2 rings (SSSR count). The molecule has 1 unspecified atom stereocenters. The summed E-state index contributed by atoms with van der Waals surface area (Å²) in [5.74, 6) is 0.938. The van der Waals surface area contributed by atoms with Crippen LogP contribution in [0.25, 0.3) is 0 Å². The molecule has 1 fully saturated rings. The summed E-state index contributed by atoms with van der Waals surface area (Å²) in [6.07, 6.45) is 3.07. The molecule has 0 amide bonds. The second-order valence-corrected chi connectivity index (χ2v) is 4.03. The minimum absolute atomic E-state index is 0.0665. The average molecular weight is 222 g/mol. The van der Waals surface area contributed by atoms with Crippen LogP contribution in [-0.2, 0) is 11.3 Å². The zero-order valence-corrected chi connectivity index (χ0v) is 9.59. The van der Waals surface area contributed by atoms with Gasteiger partial charge in [-0.05, 0) is 24.1 Å². The van der Waals surface area contributed by atoms with Crippen LogP contribution in [-0.4, -0.2) is 35.9 Å². The molecule has 1 aromatic heterocycles. The minimum atomic E-state index is 0.0665. The van der Waals surface area contributed by atoms with Gasteiger partial charge in [0.2, 0.25) is 0 Å². The van der Waals surface area contributed by atoms with Gasteiger partial charge < -0.3 is 14.7 Å². The van der Waals surface area contributed by atoms with Crippen LogP contribution in [0.1, 0.15) is 18.9 Å². The molecule has 0 bridgehead atoms. The summed E-state index contributed by atoms with van der Waals surface area (Å²) in [6.45, 7) is 4.71. The van der Waals surface area contributed by atoms with Gasteiger partial charge in [-0.2, -0.15) is 0 Å². The van der Waals surface area contributed by atoms with Crippen molar-refractivity contribution >= 4 is 5.82 Å². The lowest BCUT2D eigenvalue weighted by Crippen LogP contribution is -2.42. The van der Waals surface area contributed by atoms with Gasteiger partial charge in [0.05, 0.1) is 19.3 Å². The zero-order valence-electron chi connectivity index (χ0n) is 9.59. The molecule has 1 aliphatic heterocycles. The molecule has 0 spiro atoms. The molecule has 16 heavy (non-hydrogen) atoms. The van der Waals surface area contributed by atoms with Crippen molar-refractivity contribution in [3.05, 3.63) is 23.9 Å². The lowest BCUT2D eigenvalue weighted by molar-refractivity contribution is 0.0381. The Hall–Kier alpha value is -1.13. The van der Waals surface area contributed by atoms with Gasteiger partial charge in [-0.15, -0.1) is 0 Å². The van der Waals surface area contributed by atoms with E-state index in [1.165, 1.54) is 0 Å². The molecular weight excluding hydrogens is 204 g/mol. The molecular formula is C12H18N2O2. The van der Waals surface area contributed by atoms with Crippen LogP contribution in [0.5, 0.6) is 0 Å². The Kier molecular flexibility index (Phi) is 3.74. The first-order valence-electron chi connectivity index (χ1n) is 5.75. The van der Waals surface area contributed by atoms with Gasteiger partial charge in [0.25, 0.3) is 0 Å². The highest BCUT2D eigenvalue weighted by Crippen LogP contribution is 2.17. The van der Waals surface area contributed by atoms with Crippen LogP contribution >= 0.6 is 0 Å². The summed E-state index contributed by atoms with van der Waals surface area (Å²) in [6, 6.07) is 3.78. The standard InChI is InChI=1S/C12H18N2O2/c1-2-11-8-14(5-6-16-11)12-7-10(9-15)3-4-13-12/h3-4,7,11,15H,2,5-6,8-9H2,1H3. The Bertz CT molecular complexity index is 344. The maximum atomic E-state index is 9.09. The largest absolute Gasteiger partial charge is 0.392 e. The van der Waals surface area contributed by atoms with Gasteiger partial charge in [0.1, 0.15) is 5.82 Å². The van der Waals surface area contributed by atoms with E-state index in [1.54, 1.807) is 6.20 Å². The Balaban J connectivity index is 2.10. The SMILES string of the molecule is CCC1CN(c2cc(CO)ccn2)CCO1. The smallest absolute Gasteiger partial charge is 0.128 e. The third-order valence-corrected chi connectivity index (χ3v) is 2.91. The summed E-state index contributed by atoms with van der Waals surface area (Å²) >= 11 is 0. The third-order valence-electron chi connectivity index (χ3n) is 2.91. The fourth-order valence-corrected chi connectivity index (χ4v) is 1.91. The lowest BCUT2D eigenvalue weighted by Gasteiger charge is -2.33. The Labute approximate surface area is 95.9 Å². The molecule has 1 atom stereocenters. The van der Waals surface area contributed by atoms with E-state index in [1.807, 2.05) is 12.1 Å². The lowest BCUT2D eigenvalue weighted by atomic mass is 10.2. The van der Waals surface area contributed by atoms with Crippen molar-refractivity contribution < 1.29 is 9.84 Å². The van der Waals surface area contributed by atoms with Gasteiger partial charge in [-0.1, -0.05) is 6.92 Å². The predicted octanol–water partition coefficient (Wildman–Crippen LogP) is 1.19. The molecule has 0 aliphatic carbocycles. The molecule has 4 heteroatoms. The van der Waals surface area contributed by atoms with E-state index in [4.69, 9.17) is 9.84 Å². The van der Waals surface area contributed by atoms with Crippen LogP contribution in [0.15, 0.2) is 18.3 Å². The summed E-state index contributed by atoms with van der Waals surface area (Å²) < 4.78 is 5.62. The molecule has 1 saturated heterocycles. The van der Waals surface area contributed by atoms with Crippen LogP contribution < -0.4 is 4.90 Å². The normalized spacial score (nSPS) is 21.1. The van der Waals surface area contributed by atoms with Crippen LogP contribution in [0.3, 0.4) is 0 Å². The minimum Gasteiger partial charge on any atom is -0.392 e. The summed E-state index contributed by atoms with van der Waals surface area (Å²) in [4.78, 5) is 6.56. The van der Waals surface area contributed by atoms with Gasteiger partial charge in [-0.25, -0.2) is 4.98 Å². The Morgan fingerprint density at radius 1 is 1.62 bits per heavy atom. The van der Waals surface area contributed by atoms with Crippen molar-refractivity contribution in [2.75, 3.05) is 24.6 Å². The van der Waals surface area contributed by atoms with Crippen molar-refractivity contribution in [1.82, 2.24) is 4.98 Å². The number of morpholine rings is 1. The number of aliphatic hydroxyl groups excluding tert-OH is 1. The third kappa shape index (κ3) is 2.51. The van der Waals surface area contributed by atoms with E-state index in [0.717, 1.165) is 37.5 Å². The van der Waals surface area contributed by atoms with E-state index in [2.05, 4.69) is 16.8 Å². The van der Waals surface area contributed by atoms with Crippen LogP contribution in [0.2, 0.25) is 0 Å². The van der Waals surface area contributed by atoms with Gasteiger partial charge in [0, 0.05) is 19.3 Å². The topological polar surface area (TPSA) is 45.6 Å². The molecule has 1 aliphatic rings. The number of rotatable bonds is 3. The Morgan fingerprint density at radius 3 is 3.25 bits per heavy atom. The first-order valence-corrected chi connectivity index (χ1v) is 5.75. The van der Waals surface area contributed by atoms with Gasteiger partial charge >= 0.3 is 0 Å². The highest BCUT2D eigenvalue weighted by Gasteiger charge is 2.19. The van der Waals surface area contributed by atoms with Gasteiger partial charge in [0.15, 0.2) is 0 Å². The zero-order chi connectivity index (χ0) is 11.4. The monoisotopic (exact) mass is 222 g/mol. The second-order valence-electron chi connectivity index (χ2n) is 4.03. The van der Waals surface area contributed by atoms with E-state index < -0.39 is 0 Å². The number of nitrogens with zero attached hydrogens (tertiary/aromatic N) is 2. The number of hydrogen-bond acceptors (Lipinski definition) is 4. The molecule has 2 heterocycles. The van der Waals surface area contributed by atoms with Crippen molar-refractivity contribution in [3.8, 4) is 0 Å². The number of ether oxygens (including phenoxy) is 1. The van der Waals surface area contributed by atoms with E-state index in [9.17, 15) is 0 Å². The summed E-state index contributed by atoms with van der Waals surface area (Å²) in [7, 11) is 0. The summed E-state index contributed by atoms with van der Waals surface area (Å²) in [5, 5.41) is 9.09. The maximum Gasteiger partial charge on any atom is 0.128 e. The summed E-state index contributed by atoms with van der Waals surface area (Å²) in [5.41, 5.74) is 0.907. The van der Waals surface area contributed by atoms with Gasteiger partial charge in [-0.3, -0.25) is 0 Å². The number of pyridine rings is 1. The maximum absolute atomic E-state index is 9.09. The highest BCUT2D eigenvalue weighted by atomic mass is 16.5. The second kappa shape index (κ2) is 5.27. The van der Waals surface area contributed by atoms with Crippen molar-refractivity contribution in [3.63, 3.8) is 0 Å². The van der Waals surface area contributed by atoms with E-state index >= 15 is 0 Å².